The van der Waals surface area contributed by atoms with Gasteiger partial charge in [0.1, 0.15) is 5.82 Å². The van der Waals surface area contributed by atoms with E-state index in [2.05, 4.69) is 33.0 Å². The first-order valence-electron chi connectivity index (χ1n) is 8.77. The highest BCUT2D eigenvalue weighted by Gasteiger charge is 2.19. The van der Waals surface area contributed by atoms with Crippen molar-refractivity contribution in [2.45, 2.75) is 6.54 Å². The lowest BCUT2D eigenvalue weighted by molar-refractivity contribution is 0.1000. The second-order valence-corrected chi connectivity index (χ2v) is 6.53. The van der Waals surface area contributed by atoms with E-state index in [4.69, 9.17) is 10.7 Å². The van der Waals surface area contributed by atoms with Gasteiger partial charge in [-0.1, -0.05) is 24.3 Å². The average molecular weight is 347 g/mol. The monoisotopic (exact) mass is 347 g/mol. The summed E-state index contributed by atoms with van der Waals surface area (Å²) in [5, 5.41) is 1.17. The molecule has 1 fully saturated rings. The predicted octanol–water partition coefficient (Wildman–Crippen LogP) is 2.05. The summed E-state index contributed by atoms with van der Waals surface area (Å²) in [4.78, 5) is 25.1. The number of amides is 1. The van der Waals surface area contributed by atoms with Crippen LogP contribution >= 0.6 is 0 Å². The number of primary amides is 1. The second kappa shape index (κ2) is 7.09. The van der Waals surface area contributed by atoms with Gasteiger partial charge in [0.05, 0.1) is 11.2 Å². The maximum Gasteiger partial charge on any atom is 0.248 e. The van der Waals surface area contributed by atoms with E-state index in [0.717, 1.165) is 49.8 Å². The number of hydrogen-bond donors (Lipinski definition) is 1. The van der Waals surface area contributed by atoms with Gasteiger partial charge in [0.15, 0.2) is 0 Å². The van der Waals surface area contributed by atoms with Crippen LogP contribution in [0.3, 0.4) is 0 Å². The Morgan fingerprint density at radius 1 is 1.04 bits per heavy atom. The van der Waals surface area contributed by atoms with Crippen LogP contribution in [0.25, 0.3) is 10.9 Å². The van der Waals surface area contributed by atoms with E-state index >= 15 is 0 Å². The molecule has 6 nitrogen and oxygen atoms in total. The molecule has 0 atom stereocenters. The Morgan fingerprint density at radius 2 is 1.85 bits per heavy atom. The van der Waals surface area contributed by atoms with Gasteiger partial charge < -0.3 is 10.6 Å². The van der Waals surface area contributed by atoms with Crippen LogP contribution in [0.2, 0.25) is 0 Å². The summed E-state index contributed by atoms with van der Waals surface area (Å²) in [5.41, 5.74) is 7.98. The number of aromatic nitrogens is 2. The molecular weight excluding hydrogens is 326 g/mol. The molecule has 26 heavy (non-hydrogen) atoms. The van der Waals surface area contributed by atoms with E-state index in [1.54, 1.807) is 18.3 Å². The minimum absolute atomic E-state index is 0.422. The van der Waals surface area contributed by atoms with E-state index in [0.29, 0.717) is 5.56 Å². The number of benzene rings is 1. The van der Waals surface area contributed by atoms with Crippen LogP contribution in [0, 0.1) is 0 Å². The van der Waals surface area contributed by atoms with Crippen molar-refractivity contribution in [2.75, 3.05) is 31.1 Å². The van der Waals surface area contributed by atoms with Crippen molar-refractivity contribution >= 4 is 22.6 Å². The van der Waals surface area contributed by atoms with Gasteiger partial charge in [-0.3, -0.25) is 14.7 Å². The molecule has 6 heteroatoms. The number of para-hydroxylation sites is 1. The number of hydrogen-bond acceptors (Lipinski definition) is 5. The Balaban J connectivity index is 1.40. The van der Waals surface area contributed by atoms with Crippen molar-refractivity contribution in [1.82, 2.24) is 14.9 Å². The Morgan fingerprint density at radius 3 is 2.65 bits per heavy atom. The zero-order valence-corrected chi connectivity index (χ0v) is 14.5. The molecule has 2 N–H and O–H groups in total. The van der Waals surface area contributed by atoms with Gasteiger partial charge in [0.2, 0.25) is 5.91 Å². The van der Waals surface area contributed by atoms with E-state index in [9.17, 15) is 4.79 Å². The molecule has 0 saturated carbocycles. The smallest absolute Gasteiger partial charge is 0.248 e. The van der Waals surface area contributed by atoms with Crippen molar-refractivity contribution in [3.05, 3.63) is 66.0 Å². The SMILES string of the molecule is NC(=O)c1ccnc(N2CCN(Cc3ccc4ccccc4n3)CC2)c1. The molecule has 1 aromatic carbocycles. The van der Waals surface area contributed by atoms with Crippen LogP contribution in [-0.4, -0.2) is 47.0 Å². The first-order valence-corrected chi connectivity index (χ1v) is 8.77. The van der Waals surface area contributed by atoms with Gasteiger partial charge in [-0.2, -0.15) is 0 Å². The summed E-state index contributed by atoms with van der Waals surface area (Å²) in [5.74, 6) is 0.388. The van der Waals surface area contributed by atoms with E-state index in [-0.39, 0.29) is 0 Å². The summed E-state index contributed by atoms with van der Waals surface area (Å²) >= 11 is 0. The minimum Gasteiger partial charge on any atom is -0.366 e. The highest BCUT2D eigenvalue weighted by atomic mass is 16.1. The zero-order valence-electron chi connectivity index (χ0n) is 14.5. The Hall–Kier alpha value is -2.99. The standard InChI is InChI=1S/C20H21N5O/c21-20(26)16-7-8-22-19(13-16)25-11-9-24(10-12-25)14-17-6-5-15-3-1-2-4-18(15)23-17/h1-8,13H,9-12,14H2,(H2,21,26). The molecule has 132 valence electrons. The van der Waals surface area contributed by atoms with Gasteiger partial charge >= 0.3 is 0 Å². The van der Waals surface area contributed by atoms with Crippen molar-refractivity contribution in [3.8, 4) is 0 Å². The first kappa shape index (κ1) is 16.5. The summed E-state index contributed by atoms with van der Waals surface area (Å²) in [6.45, 7) is 4.42. The highest BCUT2D eigenvalue weighted by Crippen LogP contribution is 2.17. The molecule has 1 aliphatic heterocycles. The number of carbonyl (C=O) groups is 1. The van der Waals surface area contributed by atoms with Gasteiger partial charge in [-0.05, 0) is 24.3 Å². The average Bonchev–Trinajstić information content (AvgIpc) is 2.68. The third-order valence-electron chi connectivity index (χ3n) is 4.77. The highest BCUT2D eigenvalue weighted by molar-refractivity contribution is 5.93. The molecule has 1 aliphatic rings. The predicted molar refractivity (Wildman–Crippen MR) is 102 cm³/mol. The zero-order chi connectivity index (χ0) is 17.9. The van der Waals surface area contributed by atoms with E-state index in [1.807, 2.05) is 18.2 Å². The second-order valence-electron chi connectivity index (χ2n) is 6.53. The molecule has 3 aromatic rings. The van der Waals surface area contributed by atoms with Crippen LogP contribution in [-0.2, 0) is 6.54 Å². The van der Waals surface area contributed by atoms with Crippen LogP contribution in [0.4, 0.5) is 5.82 Å². The van der Waals surface area contributed by atoms with Crippen LogP contribution < -0.4 is 10.6 Å². The number of rotatable bonds is 4. The summed E-state index contributed by atoms with van der Waals surface area (Å²) in [6.07, 6.45) is 1.64. The molecule has 0 bridgehead atoms. The third kappa shape index (κ3) is 3.50. The minimum atomic E-state index is -0.422. The van der Waals surface area contributed by atoms with E-state index < -0.39 is 5.91 Å². The van der Waals surface area contributed by atoms with Gasteiger partial charge in [0, 0.05) is 49.9 Å². The molecule has 4 rings (SSSR count). The summed E-state index contributed by atoms with van der Waals surface area (Å²) < 4.78 is 0. The van der Waals surface area contributed by atoms with Crippen molar-refractivity contribution in [2.24, 2.45) is 5.73 Å². The van der Waals surface area contributed by atoms with Gasteiger partial charge in [0.25, 0.3) is 0 Å². The lowest BCUT2D eigenvalue weighted by Crippen LogP contribution is -2.46. The molecule has 2 aromatic heterocycles. The molecule has 0 unspecified atom stereocenters. The number of piperazine rings is 1. The van der Waals surface area contributed by atoms with Crippen molar-refractivity contribution < 1.29 is 4.79 Å². The van der Waals surface area contributed by atoms with Crippen LogP contribution in [0.1, 0.15) is 16.1 Å². The fourth-order valence-electron chi connectivity index (χ4n) is 3.31. The van der Waals surface area contributed by atoms with Crippen LogP contribution in [0.15, 0.2) is 54.7 Å². The number of nitrogens with two attached hydrogens (primary N) is 1. The quantitative estimate of drug-likeness (QED) is 0.782. The largest absolute Gasteiger partial charge is 0.366 e. The fraction of sp³-hybridized carbons (Fsp3) is 0.250. The van der Waals surface area contributed by atoms with Crippen molar-refractivity contribution in [1.29, 1.82) is 0 Å². The molecule has 0 radical (unpaired) electrons. The maximum absolute atomic E-state index is 11.3. The maximum atomic E-state index is 11.3. The number of fused-ring (bicyclic) bond motifs is 1. The summed E-state index contributed by atoms with van der Waals surface area (Å²) in [6, 6.07) is 15.8. The Labute approximate surface area is 152 Å². The summed E-state index contributed by atoms with van der Waals surface area (Å²) in [7, 11) is 0. The third-order valence-corrected chi connectivity index (χ3v) is 4.77. The van der Waals surface area contributed by atoms with Gasteiger partial charge in [-0.15, -0.1) is 0 Å². The number of pyridine rings is 2. The molecule has 0 aliphatic carbocycles. The molecular formula is C20H21N5O. The molecule has 3 heterocycles. The lowest BCUT2D eigenvalue weighted by atomic mass is 10.2. The molecule has 1 amide bonds. The Bertz CT molecular complexity index is 934. The Kier molecular flexibility index (Phi) is 4.50. The molecule has 1 saturated heterocycles. The number of carbonyl (C=O) groups excluding carboxylic acids is 1. The molecule has 0 spiro atoms. The van der Waals surface area contributed by atoms with Crippen LogP contribution in [0.5, 0.6) is 0 Å². The lowest BCUT2D eigenvalue weighted by Gasteiger charge is -2.35. The topological polar surface area (TPSA) is 75.4 Å². The van der Waals surface area contributed by atoms with Gasteiger partial charge in [-0.25, -0.2) is 4.98 Å². The number of nitrogens with zero attached hydrogens (tertiary/aromatic N) is 4. The number of anilines is 1. The normalized spacial score (nSPS) is 15.3. The first-order chi connectivity index (χ1) is 12.7. The van der Waals surface area contributed by atoms with Crippen molar-refractivity contribution in [3.63, 3.8) is 0 Å². The fourth-order valence-corrected chi connectivity index (χ4v) is 3.31. The van der Waals surface area contributed by atoms with E-state index in [1.165, 1.54) is 5.39 Å².